The molecule has 0 saturated heterocycles. The molecule has 2 aromatic rings. The summed E-state index contributed by atoms with van der Waals surface area (Å²) in [6.45, 7) is 7.22. The summed E-state index contributed by atoms with van der Waals surface area (Å²) in [5.41, 5.74) is 10.6. The Morgan fingerprint density at radius 1 is 0.971 bits per heavy atom. The number of hydrogen-bond acceptors (Lipinski definition) is 4. The van der Waals surface area contributed by atoms with Crippen LogP contribution in [0.1, 0.15) is 79.0 Å². The minimum absolute atomic E-state index is 0.0410. The van der Waals surface area contributed by atoms with E-state index in [9.17, 15) is 9.59 Å². The van der Waals surface area contributed by atoms with Crippen molar-refractivity contribution >= 4 is 11.7 Å². The first-order chi connectivity index (χ1) is 16.9. The van der Waals surface area contributed by atoms with Crippen LogP contribution in [0.3, 0.4) is 0 Å². The lowest BCUT2D eigenvalue weighted by molar-refractivity contribution is -0.123. The first-order valence-electron chi connectivity index (χ1n) is 13.4. The molecule has 1 aliphatic heterocycles. The number of carbonyl (C=O) groups is 2. The molecular formula is C30H41N3O2. The van der Waals surface area contributed by atoms with Crippen molar-refractivity contribution in [2.45, 2.75) is 70.9 Å². The number of carbonyl (C=O) groups excluding carboxylic acids is 2. The summed E-state index contributed by atoms with van der Waals surface area (Å²) in [7, 11) is 0. The number of benzene rings is 2. The number of Topliss-reactive ketones (excluding diaryl/α,β-unsaturated/α-hetero) is 1. The average Bonchev–Trinajstić information content (AvgIpc) is 3.09. The summed E-state index contributed by atoms with van der Waals surface area (Å²) < 4.78 is 0. The van der Waals surface area contributed by atoms with Gasteiger partial charge in [0.25, 0.3) is 0 Å². The van der Waals surface area contributed by atoms with Crippen LogP contribution in [-0.2, 0) is 17.6 Å². The van der Waals surface area contributed by atoms with Crippen molar-refractivity contribution in [1.29, 1.82) is 0 Å². The van der Waals surface area contributed by atoms with E-state index in [2.05, 4.69) is 22.3 Å². The topological polar surface area (TPSA) is 75.4 Å². The molecule has 35 heavy (non-hydrogen) atoms. The maximum absolute atomic E-state index is 12.6. The molecule has 0 bridgehead atoms. The number of ketones is 1. The first-order valence-corrected chi connectivity index (χ1v) is 13.4. The minimum atomic E-state index is -0.597. The molecule has 1 amide bonds. The van der Waals surface area contributed by atoms with Gasteiger partial charge < -0.3 is 16.0 Å². The molecule has 4 rings (SSSR count). The lowest BCUT2D eigenvalue weighted by atomic mass is 9.84. The fraction of sp³-hybridized carbons (Fsp3) is 0.533. The molecule has 1 fully saturated rings. The zero-order chi connectivity index (χ0) is 24.8. The van der Waals surface area contributed by atoms with Gasteiger partial charge in [0.05, 0.1) is 0 Å². The molecule has 2 aliphatic rings. The third-order valence-electron chi connectivity index (χ3n) is 7.90. The fourth-order valence-corrected chi connectivity index (χ4v) is 5.55. The van der Waals surface area contributed by atoms with Gasteiger partial charge in [-0.15, -0.1) is 0 Å². The van der Waals surface area contributed by atoms with Crippen LogP contribution < -0.4 is 11.1 Å². The average molecular weight is 476 g/mol. The Balaban J connectivity index is 1.19. The van der Waals surface area contributed by atoms with E-state index in [1.807, 2.05) is 50.2 Å². The Morgan fingerprint density at radius 2 is 1.66 bits per heavy atom. The molecule has 5 heteroatoms. The Labute approximate surface area is 210 Å². The summed E-state index contributed by atoms with van der Waals surface area (Å²) in [6.07, 6.45) is 7.71. The van der Waals surface area contributed by atoms with Crippen molar-refractivity contribution in [3.8, 4) is 0 Å². The predicted octanol–water partition coefficient (Wildman–Crippen LogP) is 4.69. The van der Waals surface area contributed by atoms with Crippen LogP contribution >= 0.6 is 0 Å². The van der Waals surface area contributed by atoms with E-state index in [-0.39, 0.29) is 23.7 Å². The highest BCUT2D eigenvalue weighted by Crippen LogP contribution is 2.28. The molecule has 1 atom stereocenters. The fourth-order valence-electron chi connectivity index (χ4n) is 5.55. The predicted molar refractivity (Wildman–Crippen MR) is 141 cm³/mol. The van der Waals surface area contributed by atoms with Gasteiger partial charge in [-0.3, -0.25) is 9.59 Å². The number of nitrogens with zero attached hydrogens (tertiary/aromatic N) is 1. The SMILES string of the molecule is CC(C)C(=O)c1ccc2c(c1)CCN(CCC1CCC(NC(=O)[C@H](N)c3ccccc3)CC1)CC2. The molecule has 2 aromatic carbocycles. The van der Waals surface area contributed by atoms with Gasteiger partial charge in [-0.05, 0) is 80.2 Å². The molecular weight excluding hydrogens is 434 g/mol. The standard InChI is InChI=1S/C30H41N3O2/c1-21(2)29(34)26-11-10-23-15-18-33(19-16-25(23)20-26)17-14-22-8-12-27(13-9-22)32-30(35)28(31)24-6-4-3-5-7-24/h3-7,10-11,20-22,27-28H,8-9,12-19,31H2,1-2H3,(H,32,35)/t22?,27?,28-/m1/s1. The van der Waals surface area contributed by atoms with Crippen molar-refractivity contribution in [3.05, 3.63) is 70.8 Å². The molecule has 0 unspecified atom stereocenters. The van der Waals surface area contributed by atoms with E-state index in [4.69, 9.17) is 5.73 Å². The van der Waals surface area contributed by atoms with E-state index in [1.54, 1.807) is 0 Å². The van der Waals surface area contributed by atoms with Gasteiger partial charge in [-0.2, -0.15) is 0 Å². The Kier molecular flexibility index (Phi) is 8.74. The van der Waals surface area contributed by atoms with Gasteiger partial charge in [0.1, 0.15) is 6.04 Å². The van der Waals surface area contributed by atoms with E-state index in [1.165, 1.54) is 30.4 Å². The summed E-state index contributed by atoms with van der Waals surface area (Å²) in [6, 6.07) is 15.6. The van der Waals surface area contributed by atoms with Gasteiger partial charge >= 0.3 is 0 Å². The van der Waals surface area contributed by atoms with Crippen LogP contribution in [0.2, 0.25) is 0 Å². The van der Waals surface area contributed by atoms with Crippen molar-refractivity contribution < 1.29 is 9.59 Å². The second-order valence-corrected chi connectivity index (χ2v) is 10.7. The molecule has 0 spiro atoms. The quantitative estimate of drug-likeness (QED) is 0.543. The normalized spacial score (nSPS) is 21.7. The number of rotatable bonds is 8. The Morgan fingerprint density at radius 3 is 2.34 bits per heavy atom. The van der Waals surface area contributed by atoms with Gasteiger partial charge in [0.2, 0.25) is 5.91 Å². The van der Waals surface area contributed by atoms with Crippen molar-refractivity contribution in [2.24, 2.45) is 17.6 Å². The van der Waals surface area contributed by atoms with Crippen LogP contribution in [0, 0.1) is 11.8 Å². The van der Waals surface area contributed by atoms with Crippen LogP contribution in [0.4, 0.5) is 0 Å². The van der Waals surface area contributed by atoms with Crippen molar-refractivity contribution in [2.75, 3.05) is 19.6 Å². The van der Waals surface area contributed by atoms with Crippen LogP contribution in [-0.4, -0.2) is 42.3 Å². The van der Waals surface area contributed by atoms with E-state index in [0.717, 1.165) is 62.4 Å². The summed E-state index contributed by atoms with van der Waals surface area (Å²) in [4.78, 5) is 27.6. The zero-order valence-corrected chi connectivity index (χ0v) is 21.3. The third kappa shape index (κ3) is 6.80. The second-order valence-electron chi connectivity index (χ2n) is 10.7. The largest absolute Gasteiger partial charge is 0.352 e. The molecule has 0 radical (unpaired) electrons. The van der Waals surface area contributed by atoms with Crippen LogP contribution in [0.15, 0.2) is 48.5 Å². The Bertz CT molecular complexity index is 996. The Hall–Kier alpha value is -2.50. The number of hydrogen-bond donors (Lipinski definition) is 2. The maximum Gasteiger partial charge on any atom is 0.241 e. The monoisotopic (exact) mass is 475 g/mol. The molecule has 188 valence electrons. The van der Waals surface area contributed by atoms with E-state index < -0.39 is 6.04 Å². The van der Waals surface area contributed by atoms with Crippen LogP contribution in [0.5, 0.6) is 0 Å². The number of nitrogens with two attached hydrogens (primary N) is 1. The number of fused-ring (bicyclic) bond motifs is 1. The summed E-state index contributed by atoms with van der Waals surface area (Å²) in [5.74, 6) is 0.941. The van der Waals surface area contributed by atoms with Crippen LogP contribution in [0.25, 0.3) is 0 Å². The lowest BCUT2D eigenvalue weighted by Crippen LogP contribution is -2.42. The molecule has 1 saturated carbocycles. The second kappa shape index (κ2) is 12.0. The molecule has 1 heterocycles. The number of amides is 1. The molecule has 3 N–H and O–H groups in total. The van der Waals surface area contributed by atoms with Gasteiger partial charge in [-0.1, -0.05) is 56.3 Å². The zero-order valence-electron chi connectivity index (χ0n) is 21.3. The van der Waals surface area contributed by atoms with E-state index in [0.29, 0.717) is 0 Å². The molecule has 1 aliphatic carbocycles. The third-order valence-corrected chi connectivity index (χ3v) is 7.90. The van der Waals surface area contributed by atoms with E-state index >= 15 is 0 Å². The highest BCUT2D eigenvalue weighted by Gasteiger charge is 2.25. The summed E-state index contributed by atoms with van der Waals surface area (Å²) in [5, 5.41) is 3.18. The van der Waals surface area contributed by atoms with Gasteiger partial charge in [0.15, 0.2) is 5.78 Å². The van der Waals surface area contributed by atoms with Gasteiger partial charge in [-0.25, -0.2) is 0 Å². The van der Waals surface area contributed by atoms with Gasteiger partial charge in [0, 0.05) is 30.6 Å². The smallest absolute Gasteiger partial charge is 0.241 e. The van der Waals surface area contributed by atoms with Crippen molar-refractivity contribution in [1.82, 2.24) is 10.2 Å². The highest BCUT2D eigenvalue weighted by molar-refractivity contribution is 5.97. The minimum Gasteiger partial charge on any atom is -0.352 e. The lowest BCUT2D eigenvalue weighted by Gasteiger charge is -2.31. The summed E-state index contributed by atoms with van der Waals surface area (Å²) >= 11 is 0. The molecule has 5 nitrogen and oxygen atoms in total. The first kappa shape index (κ1) is 25.6. The maximum atomic E-state index is 12.6. The number of nitrogens with one attached hydrogen (secondary N) is 1. The highest BCUT2D eigenvalue weighted by atomic mass is 16.2. The molecule has 0 aromatic heterocycles. The van der Waals surface area contributed by atoms with Crippen molar-refractivity contribution in [3.63, 3.8) is 0 Å².